The number of anilines is 1. The van der Waals surface area contributed by atoms with Crippen LogP contribution in [0.5, 0.6) is 0 Å². The molecule has 2 N–H and O–H groups in total. The highest BCUT2D eigenvalue weighted by atomic mass is 32.1. The van der Waals surface area contributed by atoms with E-state index in [0.717, 1.165) is 22.3 Å². The summed E-state index contributed by atoms with van der Waals surface area (Å²) in [6.07, 6.45) is 0.434. The van der Waals surface area contributed by atoms with E-state index in [-0.39, 0.29) is 17.2 Å². The van der Waals surface area contributed by atoms with E-state index in [1.807, 2.05) is 31.2 Å². The first-order chi connectivity index (χ1) is 13.8. The van der Waals surface area contributed by atoms with Crippen molar-refractivity contribution in [2.75, 3.05) is 5.32 Å². The normalized spacial score (nSPS) is 16.8. The number of rotatable bonds is 2. The van der Waals surface area contributed by atoms with Crippen molar-refractivity contribution in [3.05, 3.63) is 57.4 Å². The van der Waals surface area contributed by atoms with Gasteiger partial charge in [0, 0.05) is 27.7 Å². The molecule has 0 aliphatic carbocycles. The Morgan fingerprint density at radius 1 is 1.17 bits per heavy atom. The van der Waals surface area contributed by atoms with E-state index in [0.29, 0.717) is 18.2 Å². The van der Waals surface area contributed by atoms with Crippen molar-refractivity contribution in [2.24, 2.45) is 0 Å². The summed E-state index contributed by atoms with van der Waals surface area (Å²) in [6.45, 7) is 8.65. The Morgan fingerprint density at radius 3 is 2.69 bits per heavy atom. The van der Waals surface area contributed by atoms with Crippen molar-refractivity contribution >= 4 is 34.1 Å². The van der Waals surface area contributed by atoms with Crippen molar-refractivity contribution in [3.63, 3.8) is 0 Å². The molecule has 148 valence electrons. The number of para-hydroxylation sites is 2. The second-order valence-corrected chi connectivity index (χ2v) is 9.71. The van der Waals surface area contributed by atoms with Crippen LogP contribution in [0.25, 0.3) is 17.0 Å². The quantitative estimate of drug-likeness (QED) is 0.498. The molecule has 1 aliphatic rings. The average Bonchev–Trinajstić information content (AvgIpc) is 3.37. The Balaban J connectivity index is 1.63. The van der Waals surface area contributed by atoms with Crippen molar-refractivity contribution in [1.29, 1.82) is 0 Å². The van der Waals surface area contributed by atoms with Crippen LogP contribution in [0.2, 0.25) is 0 Å². The molecule has 4 heterocycles. The van der Waals surface area contributed by atoms with E-state index in [9.17, 15) is 4.79 Å². The van der Waals surface area contributed by atoms with Crippen molar-refractivity contribution in [2.45, 2.75) is 45.4 Å². The minimum atomic E-state index is 0.00506. The highest BCUT2D eigenvalue weighted by Crippen LogP contribution is 2.43. The summed E-state index contributed by atoms with van der Waals surface area (Å²) in [5.74, 6) is 1.34. The molecule has 0 saturated heterocycles. The fourth-order valence-electron chi connectivity index (χ4n) is 3.93. The fourth-order valence-corrected chi connectivity index (χ4v) is 5.10. The first-order valence-corrected chi connectivity index (χ1v) is 10.6. The molecule has 6 nitrogen and oxygen atoms in total. The van der Waals surface area contributed by atoms with Crippen LogP contribution in [0.15, 0.2) is 36.4 Å². The number of carbonyl (C=O) groups is 1. The highest BCUT2D eigenvalue weighted by Gasteiger charge is 2.34. The monoisotopic (exact) mass is 405 g/mol. The fraction of sp³-hybridized carbons (Fsp3) is 0.318. The molecule has 0 saturated carbocycles. The molecule has 0 radical (unpaired) electrons. The number of aromatic amines is 1. The number of hydrogen-bond acceptors (Lipinski definition) is 4. The summed E-state index contributed by atoms with van der Waals surface area (Å²) in [5.41, 5.74) is 3.90. The maximum Gasteiger partial charge on any atom is 0.231 e. The molecule has 5 rings (SSSR count). The Hall–Kier alpha value is -2.93. The van der Waals surface area contributed by atoms with E-state index in [1.165, 1.54) is 9.75 Å². The molecule has 0 bridgehead atoms. The number of benzene rings is 1. The Labute approximate surface area is 173 Å². The lowest BCUT2D eigenvalue weighted by Crippen LogP contribution is -2.24. The van der Waals surface area contributed by atoms with Crippen LogP contribution < -0.4 is 5.32 Å². The molecular formula is C22H23N5OS. The number of H-pyrrole nitrogens is 1. The molecular weight excluding hydrogens is 382 g/mol. The third-order valence-electron chi connectivity index (χ3n) is 5.39. The molecule has 0 fully saturated rings. The lowest BCUT2D eigenvalue weighted by molar-refractivity contribution is -0.116. The van der Waals surface area contributed by atoms with Crippen LogP contribution in [0, 0.1) is 6.92 Å². The predicted octanol–water partition coefficient (Wildman–Crippen LogP) is 4.89. The standard InChI is InChI=1S/C22H23N5OS/c1-12-19-13(16-9-10-17(29-16)22(2,3)4)11-18(28)25-20(19)27(26-12)21-23-14-7-5-6-8-15(14)24-21/h5-10,13H,11H2,1-4H3,(H,23,24)(H,25,28)/t13-/m0/s1. The highest BCUT2D eigenvalue weighted by molar-refractivity contribution is 7.12. The zero-order valence-corrected chi connectivity index (χ0v) is 17.7. The minimum Gasteiger partial charge on any atom is -0.322 e. The molecule has 1 aromatic carbocycles. The van der Waals surface area contributed by atoms with Gasteiger partial charge in [-0.2, -0.15) is 9.78 Å². The number of amides is 1. The number of carbonyl (C=O) groups excluding carboxylic acids is 1. The first kappa shape index (κ1) is 18.1. The van der Waals surface area contributed by atoms with Gasteiger partial charge >= 0.3 is 0 Å². The number of aromatic nitrogens is 4. The van der Waals surface area contributed by atoms with Gasteiger partial charge in [-0.05, 0) is 36.6 Å². The van der Waals surface area contributed by atoms with Gasteiger partial charge in [-0.3, -0.25) is 4.79 Å². The topological polar surface area (TPSA) is 75.6 Å². The van der Waals surface area contributed by atoms with Crippen LogP contribution in [-0.2, 0) is 10.2 Å². The third kappa shape index (κ3) is 2.97. The minimum absolute atomic E-state index is 0.00506. The number of fused-ring (bicyclic) bond motifs is 2. The maximum absolute atomic E-state index is 12.6. The van der Waals surface area contributed by atoms with Crippen LogP contribution in [0.4, 0.5) is 5.82 Å². The second-order valence-electron chi connectivity index (χ2n) is 8.59. The van der Waals surface area contributed by atoms with Gasteiger partial charge in [-0.25, -0.2) is 4.98 Å². The van der Waals surface area contributed by atoms with Gasteiger partial charge in [0.2, 0.25) is 11.9 Å². The van der Waals surface area contributed by atoms with E-state index >= 15 is 0 Å². The van der Waals surface area contributed by atoms with Crippen LogP contribution in [0.3, 0.4) is 0 Å². The summed E-state index contributed by atoms with van der Waals surface area (Å²) < 4.78 is 1.73. The summed E-state index contributed by atoms with van der Waals surface area (Å²) in [5, 5.41) is 7.77. The van der Waals surface area contributed by atoms with Gasteiger partial charge in [0.05, 0.1) is 16.7 Å². The number of thiophene rings is 1. The first-order valence-electron chi connectivity index (χ1n) is 9.76. The summed E-state index contributed by atoms with van der Waals surface area (Å²) in [6, 6.07) is 12.2. The molecule has 7 heteroatoms. The zero-order valence-electron chi connectivity index (χ0n) is 16.9. The molecule has 3 aromatic heterocycles. The maximum atomic E-state index is 12.6. The molecule has 1 amide bonds. The summed E-state index contributed by atoms with van der Waals surface area (Å²) >= 11 is 1.79. The lowest BCUT2D eigenvalue weighted by atomic mass is 9.90. The van der Waals surface area contributed by atoms with Crippen molar-refractivity contribution < 1.29 is 4.79 Å². The van der Waals surface area contributed by atoms with Crippen LogP contribution in [-0.4, -0.2) is 25.7 Å². The smallest absolute Gasteiger partial charge is 0.231 e. The van der Waals surface area contributed by atoms with Crippen molar-refractivity contribution in [1.82, 2.24) is 19.7 Å². The number of nitrogens with one attached hydrogen (secondary N) is 2. The van der Waals surface area contributed by atoms with Gasteiger partial charge in [0.1, 0.15) is 5.82 Å². The Kier molecular flexibility index (Phi) is 3.93. The predicted molar refractivity (Wildman–Crippen MR) is 116 cm³/mol. The van der Waals surface area contributed by atoms with Gasteiger partial charge in [0.15, 0.2) is 0 Å². The Bertz CT molecular complexity index is 1210. The van der Waals surface area contributed by atoms with E-state index in [4.69, 9.17) is 5.10 Å². The Morgan fingerprint density at radius 2 is 1.97 bits per heavy atom. The molecule has 4 aromatic rings. The molecule has 0 unspecified atom stereocenters. The lowest BCUT2D eigenvalue weighted by Gasteiger charge is -2.23. The number of hydrogen-bond donors (Lipinski definition) is 2. The third-order valence-corrected chi connectivity index (χ3v) is 7.01. The van der Waals surface area contributed by atoms with Crippen LogP contribution >= 0.6 is 11.3 Å². The number of imidazole rings is 1. The van der Waals surface area contributed by atoms with Gasteiger partial charge < -0.3 is 10.3 Å². The number of aryl methyl sites for hydroxylation is 1. The van der Waals surface area contributed by atoms with E-state index in [2.05, 4.69) is 48.2 Å². The van der Waals surface area contributed by atoms with Crippen LogP contribution in [0.1, 0.15) is 54.1 Å². The van der Waals surface area contributed by atoms with Gasteiger partial charge in [-0.15, -0.1) is 11.3 Å². The average molecular weight is 406 g/mol. The SMILES string of the molecule is Cc1nn(-c2nc3ccccc3[nH]2)c2c1[C@H](c1ccc(C(C)(C)C)s1)CC(=O)N2. The molecule has 1 aliphatic heterocycles. The van der Waals surface area contributed by atoms with E-state index in [1.54, 1.807) is 16.0 Å². The van der Waals surface area contributed by atoms with Gasteiger partial charge in [-0.1, -0.05) is 32.9 Å². The summed E-state index contributed by atoms with van der Waals surface area (Å²) in [4.78, 5) is 23.1. The van der Waals surface area contributed by atoms with Gasteiger partial charge in [0.25, 0.3) is 0 Å². The number of nitrogens with zero attached hydrogens (tertiary/aromatic N) is 3. The second kappa shape index (κ2) is 6.29. The molecule has 0 spiro atoms. The molecule has 1 atom stereocenters. The molecule has 29 heavy (non-hydrogen) atoms. The van der Waals surface area contributed by atoms with E-state index < -0.39 is 0 Å². The van der Waals surface area contributed by atoms with Crippen molar-refractivity contribution in [3.8, 4) is 5.95 Å². The summed E-state index contributed by atoms with van der Waals surface area (Å²) in [7, 11) is 0. The zero-order chi connectivity index (χ0) is 20.3. The largest absolute Gasteiger partial charge is 0.322 e.